The van der Waals surface area contributed by atoms with E-state index < -0.39 is 0 Å². The van der Waals surface area contributed by atoms with Crippen LogP contribution in [0.2, 0.25) is 0 Å². The van der Waals surface area contributed by atoms with Crippen LogP contribution in [0.15, 0.2) is 60.7 Å². The highest BCUT2D eigenvalue weighted by atomic mass is 35.5. The maximum Gasteiger partial charge on any atom is 0.128 e. The topological polar surface area (TPSA) is 0 Å². The predicted molar refractivity (Wildman–Crippen MR) is 87.4 cm³/mol. The van der Waals surface area contributed by atoms with Crippen molar-refractivity contribution in [3.8, 4) is 0 Å². The van der Waals surface area contributed by atoms with Crippen molar-refractivity contribution < 1.29 is 4.39 Å². The van der Waals surface area contributed by atoms with Crippen LogP contribution < -0.4 is 0 Å². The van der Waals surface area contributed by atoms with Crippen molar-refractivity contribution in [1.82, 2.24) is 0 Å². The second-order valence-electron chi connectivity index (χ2n) is 5.38. The Balaban J connectivity index is 1.87. The smallest absolute Gasteiger partial charge is 0.128 e. The molecule has 2 heteroatoms. The first-order valence-electron chi connectivity index (χ1n) is 7.01. The molecule has 0 amide bonds. The first-order valence-corrected chi connectivity index (χ1v) is 7.45. The molecule has 0 saturated carbocycles. The molecule has 0 aliphatic rings. The second kappa shape index (κ2) is 5.87. The Morgan fingerprint density at radius 2 is 1.71 bits per heavy atom. The minimum Gasteiger partial charge on any atom is -0.207 e. The molecule has 0 aromatic heterocycles. The van der Waals surface area contributed by atoms with Crippen molar-refractivity contribution in [3.05, 3.63) is 83.2 Å². The third-order valence-electron chi connectivity index (χ3n) is 3.72. The first-order chi connectivity index (χ1) is 10.1. The van der Waals surface area contributed by atoms with Crippen LogP contribution in [0, 0.1) is 12.7 Å². The molecule has 3 aromatic carbocycles. The van der Waals surface area contributed by atoms with Crippen LogP contribution in [0.3, 0.4) is 0 Å². The van der Waals surface area contributed by atoms with Crippen molar-refractivity contribution in [2.75, 3.05) is 0 Å². The fraction of sp³-hybridized carbons (Fsp3) is 0.158. The molecule has 0 spiro atoms. The number of rotatable bonds is 3. The molecule has 0 aliphatic heterocycles. The minimum absolute atomic E-state index is 0.226. The van der Waals surface area contributed by atoms with Gasteiger partial charge in [-0.1, -0.05) is 54.6 Å². The first kappa shape index (κ1) is 14.1. The van der Waals surface area contributed by atoms with E-state index in [1.807, 2.05) is 25.1 Å². The van der Waals surface area contributed by atoms with Crippen molar-refractivity contribution >= 4 is 22.4 Å². The van der Waals surface area contributed by atoms with Gasteiger partial charge in [-0.25, -0.2) is 4.39 Å². The fourth-order valence-corrected chi connectivity index (χ4v) is 2.92. The lowest BCUT2D eigenvalue weighted by Crippen LogP contribution is -1.99. The molecule has 0 radical (unpaired) electrons. The zero-order valence-corrected chi connectivity index (χ0v) is 12.6. The van der Waals surface area contributed by atoms with Gasteiger partial charge in [0.1, 0.15) is 5.82 Å². The van der Waals surface area contributed by atoms with Crippen molar-refractivity contribution in [2.45, 2.75) is 18.7 Å². The zero-order chi connectivity index (χ0) is 14.8. The molecule has 3 aromatic rings. The molecule has 0 N–H and O–H groups in total. The van der Waals surface area contributed by atoms with E-state index in [-0.39, 0.29) is 11.2 Å². The highest BCUT2D eigenvalue weighted by Crippen LogP contribution is 2.28. The summed E-state index contributed by atoms with van der Waals surface area (Å²) in [4.78, 5) is 0. The van der Waals surface area contributed by atoms with Gasteiger partial charge in [-0.3, -0.25) is 0 Å². The van der Waals surface area contributed by atoms with Crippen molar-refractivity contribution in [2.24, 2.45) is 0 Å². The van der Waals surface area contributed by atoms with Crippen molar-refractivity contribution in [3.63, 3.8) is 0 Å². The van der Waals surface area contributed by atoms with Gasteiger partial charge in [0.05, 0.1) is 5.38 Å². The maximum atomic E-state index is 14.0. The summed E-state index contributed by atoms with van der Waals surface area (Å²) >= 11 is 6.41. The quantitative estimate of drug-likeness (QED) is 0.535. The van der Waals surface area contributed by atoms with Gasteiger partial charge in [0, 0.05) is 5.56 Å². The lowest BCUT2D eigenvalue weighted by atomic mass is 10.00. The van der Waals surface area contributed by atoms with Gasteiger partial charge in [-0.05, 0) is 41.3 Å². The molecule has 21 heavy (non-hydrogen) atoms. The molecule has 1 atom stereocenters. The van der Waals surface area contributed by atoms with E-state index in [1.54, 1.807) is 6.07 Å². The summed E-state index contributed by atoms with van der Waals surface area (Å²) in [7, 11) is 0. The summed E-state index contributed by atoms with van der Waals surface area (Å²) in [5.74, 6) is -0.226. The van der Waals surface area contributed by atoms with Crippen LogP contribution in [-0.2, 0) is 6.42 Å². The average molecular weight is 299 g/mol. The Morgan fingerprint density at radius 3 is 2.48 bits per heavy atom. The summed E-state index contributed by atoms with van der Waals surface area (Å²) in [5.41, 5.74) is 2.59. The molecule has 0 aliphatic carbocycles. The van der Waals surface area contributed by atoms with Gasteiger partial charge < -0.3 is 0 Å². The molecule has 0 bridgehead atoms. The van der Waals surface area contributed by atoms with Gasteiger partial charge in [0.25, 0.3) is 0 Å². The number of halogens is 2. The Labute approximate surface area is 129 Å². The van der Waals surface area contributed by atoms with Crippen LogP contribution in [0.4, 0.5) is 4.39 Å². The Kier molecular flexibility index (Phi) is 3.94. The van der Waals surface area contributed by atoms with Gasteiger partial charge >= 0.3 is 0 Å². The molecule has 3 rings (SSSR count). The number of aryl methyl sites for hydroxylation is 1. The Bertz CT molecular complexity index is 779. The van der Waals surface area contributed by atoms with Gasteiger partial charge in [-0.2, -0.15) is 0 Å². The third-order valence-corrected chi connectivity index (χ3v) is 4.11. The summed E-state index contributed by atoms with van der Waals surface area (Å²) in [6.45, 7) is 1.87. The highest BCUT2D eigenvalue weighted by Gasteiger charge is 2.14. The van der Waals surface area contributed by atoms with E-state index in [1.165, 1.54) is 16.8 Å². The second-order valence-corrected chi connectivity index (χ2v) is 5.90. The van der Waals surface area contributed by atoms with E-state index in [2.05, 4.69) is 30.3 Å². The number of hydrogen-bond acceptors (Lipinski definition) is 0. The molecule has 106 valence electrons. The summed E-state index contributed by atoms with van der Waals surface area (Å²) < 4.78 is 14.0. The predicted octanol–water partition coefficient (Wildman–Crippen LogP) is 5.81. The summed E-state index contributed by atoms with van der Waals surface area (Å²) in [6, 6.07) is 19.7. The molecule has 0 fully saturated rings. The maximum absolute atomic E-state index is 14.0. The van der Waals surface area contributed by atoms with E-state index in [0.29, 0.717) is 12.0 Å². The minimum atomic E-state index is -0.355. The van der Waals surface area contributed by atoms with Crippen LogP contribution in [0.5, 0.6) is 0 Å². The summed E-state index contributed by atoms with van der Waals surface area (Å²) in [6.07, 6.45) is 0.617. The number of fused-ring (bicyclic) bond motifs is 1. The Hall–Kier alpha value is -1.86. The van der Waals surface area contributed by atoms with Crippen molar-refractivity contribution in [1.29, 1.82) is 0 Å². The number of hydrogen-bond donors (Lipinski definition) is 0. The number of alkyl halides is 1. The lowest BCUT2D eigenvalue weighted by Gasteiger charge is -2.12. The van der Waals surface area contributed by atoms with E-state index in [9.17, 15) is 4.39 Å². The largest absolute Gasteiger partial charge is 0.207 e. The fourth-order valence-electron chi connectivity index (χ4n) is 2.57. The van der Waals surface area contributed by atoms with E-state index in [0.717, 1.165) is 11.1 Å². The molecule has 0 heterocycles. The zero-order valence-electron chi connectivity index (χ0n) is 11.8. The van der Waals surface area contributed by atoms with Gasteiger partial charge in [0.2, 0.25) is 0 Å². The monoisotopic (exact) mass is 298 g/mol. The Morgan fingerprint density at radius 1 is 0.952 bits per heavy atom. The standard InChI is InChI=1S/C19H16ClF/c1-13-6-9-17(19(21)10-13)18(20)12-14-7-8-15-4-2-3-5-16(15)11-14/h2-11,18H,12H2,1H3. The van der Waals surface area contributed by atoms with Crippen LogP contribution >= 0.6 is 11.6 Å². The lowest BCUT2D eigenvalue weighted by molar-refractivity contribution is 0.604. The molecule has 0 saturated heterocycles. The number of benzene rings is 3. The average Bonchev–Trinajstić information content (AvgIpc) is 2.47. The van der Waals surface area contributed by atoms with E-state index in [4.69, 9.17) is 11.6 Å². The van der Waals surface area contributed by atoms with Gasteiger partial charge in [0.15, 0.2) is 0 Å². The van der Waals surface area contributed by atoms with Gasteiger partial charge in [-0.15, -0.1) is 11.6 Å². The van der Waals surface area contributed by atoms with E-state index >= 15 is 0 Å². The SMILES string of the molecule is Cc1ccc(C(Cl)Cc2ccc3ccccc3c2)c(F)c1. The molecule has 0 nitrogen and oxygen atoms in total. The van der Waals surface area contributed by atoms with Crippen LogP contribution in [-0.4, -0.2) is 0 Å². The summed E-state index contributed by atoms with van der Waals surface area (Å²) in [5, 5.41) is 2.03. The van der Waals surface area contributed by atoms with Crippen LogP contribution in [0.1, 0.15) is 22.1 Å². The molecular formula is C19H16ClF. The highest BCUT2D eigenvalue weighted by molar-refractivity contribution is 6.21. The molecule has 1 unspecified atom stereocenters. The normalized spacial score (nSPS) is 12.5. The van der Waals surface area contributed by atoms with Crippen LogP contribution in [0.25, 0.3) is 10.8 Å². The third kappa shape index (κ3) is 3.08. The molecular weight excluding hydrogens is 283 g/mol.